The summed E-state index contributed by atoms with van der Waals surface area (Å²) in [5.74, 6) is -0.630. The molecular formula is C19H17NO. The van der Waals surface area contributed by atoms with Gasteiger partial charge >= 0.3 is 0 Å². The molecule has 0 spiro atoms. The molecule has 0 aliphatic heterocycles. The summed E-state index contributed by atoms with van der Waals surface area (Å²) in [4.78, 5) is 12.9. The Hall–Kier alpha value is -2.40. The molecule has 104 valence electrons. The highest BCUT2D eigenvalue weighted by molar-refractivity contribution is 5.99. The molecule has 0 saturated heterocycles. The van der Waals surface area contributed by atoms with Crippen LogP contribution < -0.4 is 0 Å². The molecule has 1 fully saturated rings. The van der Waals surface area contributed by atoms with Gasteiger partial charge in [0.15, 0.2) is 5.78 Å². The van der Waals surface area contributed by atoms with Gasteiger partial charge in [0, 0.05) is 0 Å². The molecule has 2 aromatic rings. The van der Waals surface area contributed by atoms with Crippen molar-refractivity contribution in [2.45, 2.75) is 31.1 Å². The Morgan fingerprint density at radius 3 is 2.43 bits per heavy atom. The number of aryl methyl sites for hydroxylation is 1. The van der Waals surface area contributed by atoms with E-state index in [1.165, 1.54) is 0 Å². The van der Waals surface area contributed by atoms with Gasteiger partial charge in [-0.1, -0.05) is 60.2 Å². The molecule has 0 N–H and O–H groups in total. The molecule has 0 amide bonds. The summed E-state index contributed by atoms with van der Waals surface area (Å²) >= 11 is 0. The van der Waals surface area contributed by atoms with E-state index in [0.717, 1.165) is 29.5 Å². The third-order valence-corrected chi connectivity index (χ3v) is 4.31. The summed E-state index contributed by atoms with van der Waals surface area (Å²) in [6, 6.07) is 19.8. The number of benzene rings is 2. The molecule has 1 aliphatic rings. The van der Waals surface area contributed by atoms with E-state index in [0.29, 0.717) is 0 Å². The largest absolute Gasteiger partial charge is 0.297 e. The van der Waals surface area contributed by atoms with Crippen molar-refractivity contribution in [1.82, 2.24) is 0 Å². The molecule has 0 aromatic heterocycles. The molecule has 1 atom stereocenters. The Balaban J connectivity index is 1.96. The molecule has 2 nitrogen and oxygen atoms in total. The van der Waals surface area contributed by atoms with Crippen molar-refractivity contribution >= 4 is 5.78 Å². The van der Waals surface area contributed by atoms with Crippen molar-refractivity contribution in [2.24, 2.45) is 0 Å². The molecule has 1 aliphatic carbocycles. The van der Waals surface area contributed by atoms with Crippen LogP contribution in [-0.2, 0) is 10.2 Å². The monoisotopic (exact) mass is 275 g/mol. The highest BCUT2D eigenvalue weighted by atomic mass is 16.1. The lowest BCUT2D eigenvalue weighted by Gasteiger charge is -2.18. The highest BCUT2D eigenvalue weighted by Crippen LogP contribution is 2.51. The van der Waals surface area contributed by atoms with Crippen LogP contribution in [0.4, 0.5) is 0 Å². The summed E-state index contributed by atoms with van der Waals surface area (Å²) in [7, 11) is 0. The van der Waals surface area contributed by atoms with Gasteiger partial charge in [0.05, 0.1) is 11.5 Å². The van der Waals surface area contributed by atoms with Gasteiger partial charge in [0.25, 0.3) is 0 Å². The van der Waals surface area contributed by atoms with Gasteiger partial charge in [-0.15, -0.1) is 0 Å². The molecule has 1 saturated carbocycles. The second-order valence-electron chi connectivity index (χ2n) is 5.79. The maximum absolute atomic E-state index is 12.9. The Morgan fingerprint density at radius 1 is 1.14 bits per heavy atom. The highest BCUT2D eigenvalue weighted by Gasteiger charge is 2.53. The maximum atomic E-state index is 12.9. The van der Waals surface area contributed by atoms with Crippen molar-refractivity contribution < 1.29 is 4.79 Å². The van der Waals surface area contributed by atoms with E-state index in [-0.39, 0.29) is 5.78 Å². The lowest BCUT2D eigenvalue weighted by molar-refractivity contribution is -0.121. The van der Waals surface area contributed by atoms with E-state index >= 15 is 0 Å². The van der Waals surface area contributed by atoms with Crippen molar-refractivity contribution in [2.75, 3.05) is 0 Å². The number of carbonyl (C=O) groups is 1. The minimum Gasteiger partial charge on any atom is -0.297 e. The van der Waals surface area contributed by atoms with Gasteiger partial charge in [0.1, 0.15) is 5.92 Å². The number of ketones is 1. The average molecular weight is 275 g/mol. The fraction of sp³-hybridized carbons (Fsp3) is 0.263. The number of rotatable bonds is 4. The Morgan fingerprint density at radius 2 is 1.86 bits per heavy atom. The first-order chi connectivity index (χ1) is 10.2. The van der Waals surface area contributed by atoms with Gasteiger partial charge < -0.3 is 0 Å². The van der Waals surface area contributed by atoms with Crippen LogP contribution in [0.2, 0.25) is 0 Å². The number of hydrogen-bond donors (Lipinski definition) is 0. The fourth-order valence-corrected chi connectivity index (χ4v) is 2.97. The van der Waals surface area contributed by atoms with Gasteiger partial charge in [-0.25, -0.2) is 0 Å². The zero-order chi connectivity index (χ0) is 14.9. The number of carbonyl (C=O) groups excluding carboxylic acids is 1. The summed E-state index contributed by atoms with van der Waals surface area (Å²) < 4.78 is 0. The second kappa shape index (κ2) is 5.18. The number of nitrogens with zero attached hydrogens (tertiary/aromatic N) is 1. The molecule has 0 heterocycles. The lowest BCUT2D eigenvalue weighted by atomic mass is 9.81. The SMILES string of the molecule is Cc1cccc(C(C#N)C(=O)C2(c3ccccc3)CC2)c1. The van der Waals surface area contributed by atoms with Gasteiger partial charge in [-0.2, -0.15) is 5.26 Å². The summed E-state index contributed by atoms with van der Waals surface area (Å²) in [6.45, 7) is 1.98. The molecule has 2 heteroatoms. The van der Waals surface area contributed by atoms with Gasteiger partial charge in [0.2, 0.25) is 0 Å². The Bertz CT molecular complexity index is 708. The van der Waals surface area contributed by atoms with Crippen molar-refractivity contribution in [3.8, 4) is 6.07 Å². The normalized spacial score (nSPS) is 16.8. The van der Waals surface area contributed by atoms with Gasteiger partial charge in [-0.05, 0) is 30.9 Å². The minimum atomic E-state index is -0.674. The molecule has 1 unspecified atom stereocenters. The van der Waals surface area contributed by atoms with E-state index in [1.807, 2.05) is 61.5 Å². The predicted octanol–water partition coefficient (Wildman–Crippen LogP) is 3.90. The van der Waals surface area contributed by atoms with E-state index < -0.39 is 11.3 Å². The Kier molecular flexibility index (Phi) is 3.35. The van der Waals surface area contributed by atoms with Crippen molar-refractivity contribution in [3.63, 3.8) is 0 Å². The minimum absolute atomic E-state index is 0.0433. The quantitative estimate of drug-likeness (QED) is 0.849. The van der Waals surface area contributed by atoms with E-state index in [1.54, 1.807) is 0 Å². The third-order valence-electron chi connectivity index (χ3n) is 4.31. The first-order valence-electron chi connectivity index (χ1n) is 7.23. The average Bonchev–Trinajstić information content (AvgIpc) is 3.31. The maximum Gasteiger partial charge on any atom is 0.164 e. The summed E-state index contributed by atoms with van der Waals surface area (Å²) in [6.07, 6.45) is 1.69. The van der Waals surface area contributed by atoms with Crippen LogP contribution in [0.3, 0.4) is 0 Å². The lowest BCUT2D eigenvalue weighted by Crippen LogP contribution is -2.26. The number of hydrogen-bond acceptors (Lipinski definition) is 2. The molecule has 2 aromatic carbocycles. The summed E-state index contributed by atoms with van der Waals surface area (Å²) in [5.41, 5.74) is 2.49. The first kappa shape index (κ1) is 13.6. The van der Waals surface area contributed by atoms with Crippen LogP contribution in [0.15, 0.2) is 54.6 Å². The predicted molar refractivity (Wildman–Crippen MR) is 81.9 cm³/mol. The first-order valence-corrected chi connectivity index (χ1v) is 7.23. The standard InChI is InChI=1S/C19H17NO/c1-14-6-5-7-15(12-14)17(13-20)18(21)19(10-11-19)16-8-3-2-4-9-16/h2-9,12,17H,10-11H2,1H3. The molecule has 21 heavy (non-hydrogen) atoms. The van der Waals surface area contributed by atoms with Crippen LogP contribution in [-0.4, -0.2) is 5.78 Å². The van der Waals surface area contributed by atoms with E-state index in [2.05, 4.69) is 6.07 Å². The topological polar surface area (TPSA) is 40.9 Å². The van der Waals surface area contributed by atoms with Crippen molar-refractivity contribution in [3.05, 3.63) is 71.3 Å². The second-order valence-corrected chi connectivity index (χ2v) is 5.79. The summed E-state index contributed by atoms with van der Waals surface area (Å²) in [5, 5.41) is 9.51. The number of nitriles is 1. The van der Waals surface area contributed by atoms with Crippen LogP contribution in [0.5, 0.6) is 0 Å². The molecule has 0 bridgehead atoms. The zero-order valence-electron chi connectivity index (χ0n) is 12.0. The van der Waals surface area contributed by atoms with Crippen LogP contribution in [0.1, 0.15) is 35.4 Å². The third kappa shape index (κ3) is 2.36. The smallest absolute Gasteiger partial charge is 0.164 e. The fourth-order valence-electron chi connectivity index (χ4n) is 2.97. The molecule has 3 rings (SSSR count). The van der Waals surface area contributed by atoms with Gasteiger partial charge in [-0.3, -0.25) is 4.79 Å². The van der Waals surface area contributed by atoms with E-state index in [4.69, 9.17) is 0 Å². The number of Topliss-reactive ketones (excluding diaryl/α,β-unsaturated/α-hetero) is 1. The van der Waals surface area contributed by atoms with Crippen LogP contribution >= 0.6 is 0 Å². The van der Waals surface area contributed by atoms with E-state index in [9.17, 15) is 10.1 Å². The zero-order valence-corrected chi connectivity index (χ0v) is 12.0. The van der Waals surface area contributed by atoms with Crippen molar-refractivity contribution in [1.29, 1.82) is 5.26 Å². The van der Waals surface area contributed by atoms with Crippen LogP contribution in [0.25, 0.3) is 0 Å². The molecule has 0 radical (unpaired) electrons. The van der Waals surface area contributed by atoms with Crippen LogP contribution in [0, 0.1) is 18.3 Å². The Labute approximate surface area is 125 Å². The molecular weight excluding hydrogens is 258 g/mol.